The van der Waals surface area contributed by atoms with Crippen molar-refractivity contribution in [1.82, 2.24) is 20.6 Å². The zero-order valence-corrected chi connectivity index (χ0v) is 19.0. The van der Waals surface area contributed by atoms with Crippen molar-refractivity contribution in [3.8, 4) is 0 Å². The third kappa shape index (κ3) is 6.83. The van der Waals surface area contributed by atoms with Gasteiger partial charge in [0.25, 0.3) is 0 Å². The number of halogens is 2. The Morgan fingerprint density at radius 3 is 2.68 bits per heavy atom. The van der Waals surface area contributed by atoms with Gasteiger partial charge in [0.05, 0.1) is 17.1 Å². The number of hydrogen-bond acceptors (Lipinski definition) is 4. The fourth-order valence-corrected chi connectivity index (χ4v) is 4.25. The Labute approximate surface area is 184 Å². The number of benzene rings is 1. The molecule has 1 saturated heterocycles. The van der Waals surface area contributed by atoms with Crippen LogP contribution in [-0.4, -0.2) is 41.0 Å². The van der Waals surface area contributed by atoms with Crippen molar-refractivity contribution in [3.63, 3.8) is 0 Å². The van der Waals surface area contributed by atoms with E-state index in [0.717, 1.165) is 42.1 Å². The van der Waals surface area contributed by atoms with Gasteiger partial charge in [-0.3, -0.25) is 4.79 Å². The molecule has 1 aromatic carbocycles. The average molecular weight is 447 g/mol. The summed E-state index contributed by atoms with van der Waals surface area (Å²) in [6, 6.07) is 7.96. The van der Waals surface area contributed by atoms with Crippen molar-refractivity contribution in [2.75, 3.05) is 25.1 Å². The van der Waals surface area contributed by atoms with Gasteiger partial charge in [-0.1, -0.05) is 19.1 Å². The van der Waals surface area contributed by atoms with Crippen LogP contribution < -0.4 is 10.6 Å². The van der Waals surface area contributed by atoms with Crippen LogP contribution in [0.5, 0.6) is 0 Å². The number of rotatable bonds is 8. The lowest BCUT2D eigenvalue weighted by Crippen LogP contribution is -2.35. The van der Waals surface area contributed by atoms with Gasteiger partial charge in [0.15, 0.2) is 0 Å². The molecule has 8 heteroatoms. The lowest BCUT2D eigenvalue weighted by atomic mass is 9.84. The van der Waals surface area contributed by atoms with Crippen LogP contribution >= 0.6 is 36.6 Å². The molecular formula is C20H32Cl2N4OS. The maximum atomic E-state index is 12.7. The Morgan fingerprint density at radius 1 is 1.29 bits per heavy atom. The second-order valence-corrected chi connectivity index (χ2v) is 8.30. The summed E-state index contributed by atoms with van der Waals surface area (Å²) in [7, 11) is 0. The summed E-state index contributed by atoms with van der Waals surface area (Å²) in [6.45, 7) is 4.37. The van der Waals surface area contributed by atoms with Crippen molar-refractivity contribution in [3.05, 3.63) is 30.1 Å². The number of thioether (sulfide) groups is 1. The topological polar surface area (TPSA) is 69.8 Å². The standard InChI is InChI=1S/C20H30N4OS.2ClH/c1-14(15-7-10-21-11-8-15)13-19(25)22-18(9-12-26-2)20-23-16-5-3-4-6-17(16)24-20;;/h3-6,14-15,18,21H,7-13H2,1-2H3,(H,22,25)(H,23,24);2*1H. The third-order valence-electron chi connectivity index (χ3n) is 5.38. The molecule has 0 aliphatic carbocycles. The Morgan fingerprint density at radius 2 is 2.00 bits per heavy atom. The maximum absolute atomic E-state index is 12.7. The van der Waals surface area contributed by atoms with E-state index in [9.17, 15) is 4.79 Å². The van der Waals surface area contributed by atoms with E-state index in [2.05, 4.69) is 28.8 Å². The van der Waals surface area contributed by atoms with Gasteiger partial charge in [0.1, 0.15) is 5.82 Å². The van der Waals surface area contributed by atoms with Crippen LogP contribution in [0, 0.1) is 11.8 Å². The van der Waals surface area contributed by atoms with Crippen LogP contribution in [0.25, 0.3) is 11.0 Å². The van der Waals surface area contributed by atoms with Gasteiger partial charge >= 0.3 is 0 Å². The van der Waals surface area contributed by atoms with Crippen molar-refractivity contribution < 1.29 is 4.79 Å². The van der Waals surface area contributed by atoms with E-state index in [0.29, 0.717) is 18.3 Å². The fourth-order valence-electron chi connectivity index (χ4n) is 3.78. The molecule has 2 heterocycles. The quantitative estimate of drug-likeness (QED) is 0.563. The van der Waals surface area contributed by atoms with Crippen LogP contribution in [0.2, 0.25) is 0 Å². The largest absolute Gasteiger partial charge is 0.346 e. The molecule has 1 amide bonds. The number of amides is 1. The van der Waals surface area contributed by atoms with Crippen molar-refractivity contribution in [2.24, 2.45) is 11.8 Å². The number of aromatic amines is 1. The summed E-state index contributed by atoms with van der Waals surface area (Å²) in [6.07, 6.45) is 5.92. The number of piperidine rings is 1. The summed E-state index contributed by atoms with van der Waals surface area (Å²) in [4.78, 5) is 20.8. The first-order chi connectivity index (χ1) is 12.7. The van der Waals surface area contributed by atoms with E-state index >= 15 is 0 Å². The molecule has 0 radical (unpaired) electrons. The molecule has 2 aromatic rings. The molecule has 0 spiro atoms. The molecular weight excluding hydrogens is 415 g/mol. The fraction of sp³-hybridized carbons (Fsp3) is 0.600. The number of fused-ring (bicyclic) bond motifs is 1. The van der Waals surface area contributed by atoms with E-state index in [1.807, 2.05) is 24.3 Å². The lowest BCUT2D eigenvalue weighted by molar-refractivity contribution is -0.123. The summed E-state index contributed by atoms with van der Waals surface area (Å²) in [5.74, 6) is 3.07. The minimum atomic E-state index is -0.0532. The highest BCUT2D eigenvalue weighted by Crippen LogP contribution is 2.25. The highest BCUT2D eigenvalue weighted by atomic mass is 35.5. The molecule has 5 nitrogen and oxygen atoms in total. The van der Waals surface area contributed by atoms with Crippen LogP contribution in [0.3, 0.4) is 0 Å². The number of imidazole rings is 1. The second-order valence-electron chi connectivity index (χ2n) is 7.31. The van der Waals surface area contributed by atoms with Crippen molar-refractivity contribution in [1.29, 1.82) is 0 Å². The van der Waals surface area contributed by atoms with E-state index in [1.54, 1.807) is 11.8 Å². The zero-order chi connectivity index (χ0) is 18.4. The molecule has 3 rings (SSSR count). The lowest BCUT2D eigenvalue weighted by Gasteiger charge is -2.28. The number of carbonyl (C=O) groups is 1. The molecule has 1 fully saturated rings. The first-order valence-corrected chi connectivity index (χ1v) is 11.0. The van der Waals surface area contributed by atoms with Crippen LogP contribution in [0.15, 0.2) is 24.3 Å². The van der Waals surface area contributed by atoms with Crippen molar-refractivity contribution in [2.45, 2.75) is 38.6 Å². The normalized spacial score (nSPS) is 16.6. The first-order valence-electron chi connectivity index (χ1n) is 9.61. The Kier molecular flexibility index (Phi) is 11.3. The van der Waals surface area contributed by atoms with E-state index in [-0.39, 0.29) is 36.8 Å². The summed E-state index contributed by atoms with van der Waals surface area (Å²) in [5.41, 5.74) is 1.97. The van der Waals surface area contributed by atoms with Gasteiger partial charge in [-0.05, 0) is 68.3 Å². The van der Waals surface area contributed by atoms with Crippen LogP contribution in [0.1, 0.15) is 44.5 Å². The highest BCUT2D eigenvalue weighted by Gasteiger charge is 2.24. The summed E-state index contributed by atoms with van der Waals surface area (Å²) < 4.78 is 0. The Hall–Kier alpha value is -0.950. The molecule has 0 bridgehead atoms. The molecule has 158 valence electrons. The second kappa shape index (κ2) is 12.6. The van der Waals surface area contributed by atoms with Gasteiger partial charge in [-0.2, -0.15) is 11.8 Å². The van der Waals surface area contributed by atoms with Gasteiger partial charge < -0.3 is 15.6 Å². The van der Waals surface area contributed by atoms with E-state index in [4.69, 9.17) is 4.98 Å². The van der Waals surface area contributed by atoms with Gasteiger partial charge in [0, 0.05) is 6.42 Å². The van der Waals surface area contributed by atoms with Gasteiger partial charge in [0.2, 0.25) is 5.91 Å². The number of hydrogen-bond donors (Lipinski definition) is 3. The SMILES string of the molecule is CSCCC(NC(=O)CC(C)C1CCNCC1)c1nc2ccccc2[nH]1.Cl.Cl. The maximum Gasteiger partial charge on any atom is 0.220 e. The Bertz CT molecular complexity index is 688. The van der Waals surface area contributed by atoms with Crippen molar-refractivity contribution >= 4 is 53.5 Å². The van der Waals surface area contributed by atoms with E-state index < -0.39 is 0 Å². The number of carbonyl (C=O) groups excluding carboxylic acids is 1. The monoisotopic (exact) mass is 446 g/mol. The third-order valence-corrected chi connectivity index (χ3v) is 6.02. The van der Waals surface area contributed by atoms with Gasteiger partial charge in [-0.15, -0.1) is 24.8 Å². The molecule has 1 aliphatic rings. The highest BCUT2D eigenvalue weighted by molar-refractivity contribution is 7.98. The van der Waals surface area contributed by atoms with E-state index in [1.165, 1.54) is 12.8 Å². The smallest absolute Gasteiger partial charge is 0.220 e. The number of H-pyrrole nitrogens is 1. The molecule has 0 saturated carbocycles. The molecule has 2 unspecified atom stereocenters. The summed E-state index contributed by atoms with van der Waals surface area (Å²) >= 11 is 1.80. The molecule has 3 N–H and O–H groups in total. The first kappa shape index (κ1) is 25.1. The number of nitrogens with zero attached hydrogens (tertiary/aromatic N) is 1. The minimum absolute atomic E-state index is 0. The number of aromatic nitrogens is 2. The van der Waals surface area contributed by atoms with Gasteiger partial charge in [-0.25, -0.2) is 4.98 Å². The number of para-hydroxylation sites is 2. The molecule has 28 heavy (non-hydrogen) atoms. The predicted molar refractivity (Wildman–Crippen MR) is 124 cm³/mol. The van der Waals surface area contributed by atoms with Crippen LogP contribution in [-0.2, 0) is 4.79 Å². The molecule has 2 atom stereocenters. The summed E-state index contributed by atoms with van der Waals surface area (Å²) in [5, 5.41) is 6.63. The predicted octanol–water partition coefficient (Wildman–Crippen LogP) is 4.34. The number of nitrogens with one attached hydrogen (secondary N) is 3. The minimum Gasteiger partial charge on any atom is -0.346 e. The molecule has 1 aliphatic heterocycles. The van der Waals surface area contributed by atoms with Crippen LogP contribution in [0.4, 0.5) is 0 Å². The zero-order valence-electron chi connectivity index (χ0n) is 16.6. The Balaban J connectivity index is 0.00000196. The average Bonchev–Trinajstić information content (AvgIpc) is 3.09. The molecule has 1 aromatic heterocycles.